The molecule has 26 heavy (non-hydrogen) atoms. The summed E-state index contributed by atoms with van der Waals surface area (Å²) in [7, 11) is 1.71. The molecule has 2 fully saturated rings. The largest absolute Gasteiger partial charge is 0.478 e. The molecule has 7 heteroatoms. The summed E-state index contributed by atoms with van der Waals surface area (Å²) in [5, 5.41) is 14.6. The molecule has 0 atom stereocenters. The predicted molar refractivity (Wildman–Crippen MR) is 101 cm³/mol. The van der Waals surface area contributed by atoms with E-state index in [0.29, 0.717) is 16.5 Å². The zero-order chi connectivity index (χ0) is 18.3. The number of thiophene rings is 1. The van der Waals surface area contributed by atoms with Gasteiger partial charge in [-0.1, -0.05) is 0 Å². The van der Waals surface area contributed by atoms with E-state index >= 15 is 0 Å². The van der Waals surface area contributed by atoms with E-state index in [1.165, 1.54) is 11.3 Å². The van der Waals surface area contributed by atoms with Gasteiger partial charge in [0.1, 0.15) is 5.00 Å². The number of hydrogen-bond donors (Lipinski definition) is 2. The third kappa shape index (κ3) is 3.20. The Kier molecular flexibility index (Phi) is 4.42. The van der Waals surface area contributed by atoms with Gasteiger partial charge in [0.25, 0.3) is 5.91 Å². The summed E-state index contributed by atoms with van der Waals surface area (Å²) in [5.41, 5.74) is 2.65. The van der Waals surface area contributed by atoms with Crippen molar-refractivity contribution in [1.29, 1.82) is 0 Å². The van der Waals surface area contributed by atoms with Crippen LogP contribution in [0.5, 0.6) is 0 Å². The standard InChI is InChI=1S/C19H20N2O4S/c1-25-14-8-21(9-14)13-6-4-12(5-7-13)17(22)20-18-16(19(23)24)15(10-26-18)11-2-3-11/h4-7,10-11,14H,2-3,8-9H2,1H3,(H,20,22)(H,23,24). The molecule has 136 valence electrons. The minimum absolute atomic E-state index is 0.244. The zero-order valence-electron chi connectivity index (χ0n) is 14.4. The number of carboxylic acids is 1. The fourth-order valence-corrected chi connectivity index (χ4v) is 4.21. The minimum Gasteiger partial charge on any atom is -0.478 e. The van der Waals surface area contributed by atoms with Gasteiger partial charge >= 0.3 is 5.97 Å². The Bertz CT molecular complexity index is 836. The first-order valence-corrected chi connectivity index (χ1v) is 9.48. The number of anilines is 2. The van der Waals surface area contributed by atoms with Gasteiger partial charge in [0.05, 0.1) is 11.7 Å². The molecular formula is C19H20N2O4S. The molecule has 0 radical (unpaired) electrons. The topological polar surface area (TPSA) is 78.9 Å². The molecule has 2 aliphatic rings. The second-order valence-electron chi connectivity index (χ2n) is 6.74. The number of carbonyl (C=O) groups is 2. The number of aromatic carboxylic acids is 1. The summed E-state index contributed by atoms with van der Waals surface area (Å²) < 4.78 is 5.27. The van der Waals surface area contributed by atoms with E-state index in [-0.39, 0.29) is 17.6 Å². The lowest BCUT2D eigenvalue weighted by atomic mass is 10.1. The number of ether oxygens (including phenoxy) is 1. The number of carbonyl (C=O) groups excluding carboxylic acids is 1. The first kappa shape index (κ1) is 17.1. The lowest BCUT2D eigenvalue weighted by molar-refractivity contribution is 0.0697. The van der Waals surface area contributed by atoms with Crippen molar-refractivity contribution in [2.75, 3.05) is 30.4 Å². The smallest absolute Gasteiger partial charge is 0.339 e. The number of nitrogens with one attached hydrogen (secondary N) is 1. The number of rotatable bonds is 6. The van der Waals surface area contributed by atoms with Crippen LogP contribution in [-0.4, -0.2) is 43.3 Å². The highest BCUT2D eigenvalue weighted by atomic mass is 32.1. The number of amides is 1. The lowest BCUT2D eigenvalue weighted by Crippen LogP contribution is -2.51. The molecule has 1 aromatic heterocycles. The molecular weight excluding hydrogens is 352 g/mol. The second kappa shape index (κ2) is 6.74. The molecule has 6 nitrogen and oxygen atoms in total. The molecule has 4 rings (SSSR count). The van der Waals surface area contributed by atoms with Crippen molar-refractivity contribution in [2.45, 2.75) is 24.9 Å². The summed E-state index contributed by atoms with van der Waals surface area (Å²) in [6.45, 7) is 1.70. The maximum absolute atomic E-state index is 12.5. The number of carboxylic acid groups (broad SMARTS) is 1. The number of benzene rings is 1. The molecule has 1 aliphatic carbocycles. The Morgan fingerprint density at radius 3 is 2.50 bits per heavy atom. The number of nitrogens with zero attached hydrogens (tertiary/aromatic N) is 1. The van der Waals surface area contributed by atoms with Gasteiger partial charge in [-0.25, -0.2) is 4.79 Å². The van der Waals surface area contributed by atoms with Crippen LogP contribution in [0.15, 0.2) is 29.6 Å². The Hall–Kier alpha value is -2.38. The second-order valence-corrected chi connectivity index (χ2v) is 7.62. The highest BCUT2D eigenvalue weighted by Crippen LogP contribution is 2.45. The van der Waals surface area contributed by atoms with Gasteiger partial charge in [0.2, 0.25) is 0 Å². The first-order chi connectivity index (χ1) is 12.6. The van der Waals surface area contributed by atoms with E-state index in [4.69, 9.17) is 4.74 Å². The van der Waals surface area contributed by atoms with Gasteiger partial charge in [-0.05, 0) is 54.0 Å². The van der Waals surface area contributed by atoms with Gasteiger partial charge in [0.15, 0.2) is 0 Å². The minimum atomic E-state index is -0.982. The van der Waals surface area contributed by atoms with Gasteiger partial charge in [-0.3, -0.25) is 4.79 Å². The van der Waals surface area contributed by atoms with Crippen LogP contribution >= 0.6 is 11.3 Å². The molecule has 2 N–H and O–H groups in total. The van der Waals surface area contributed by atoms with E-state index < -0.39 is 5.97 Å². The van der Waals surface area contributed by atoms with Crippen LogP contribution in [0.3, 0.4) is 0 Å². The quantitative estimate of drug-likeness (QED) is 0.812. The van der Waals surface area contributed by atoms with E-state index in [0.717, 1.165) is 37.2 Å². The molecule has 1 amide bonds. The molecule has 1 saturated carbocycles. The number of methoxy groups -OCH3 is 1. The van der Waals surface area contributed by atoms with Crippen LogP contribution < -0.4 is 10.2 Å². The van der Waals surface area contributed by atoms with Gasteiger partial charge in [-0.2, -0.15) is 0 Å². The summed E-state index contributed by atoms with van der Waals surface area (Å²) >= 11 is 1.28. The average molecular weight is 372 g/mol. The lowest BCUT2D eigenvalue weighted by Gasteiger charge is -2.40. The normalized spacial score (nSPS) is 17.0. The van der Waals surface area contributed by atoms with Crippen molar-refractivity contribution < 1.29 is 19.4 Å². The summed E-state index contributed by atoms with van der Waals surface area (Å²) in [4.78, 5) is 26.3. The maximum atomic E-state index is 12.5. The van der Waals surface area contributed by atoms with E-state index in [1.54, 1.807) is 19.2 Å². The van der Waals surface area contributed by atoms with Crippen LogP contribution in [0.1, 0.15) is 45.0 Å². The fraction of sp³-hybridized carbons (Fsp3) is 0.368. The van der Waals surface area contributed by atoms with Crippen molar-refractivity contribution in [3.63, 3.8) is 0 Å². The Morgan fingerprint density at radius 2 is 1.92 bits per heavy atom. The average Bonchev–Trinajstić information content (AvgIpc) is 3.35. The summed E-state index contributed by atoms with van der Waals surface area (Å²) in [6, 6.07) is 7.34. The third-order valence-corrected chi connectivity index (χ3v) is 5.87. The first-order valence-electron chi connectivity index (χ1n) is 8.60. The maximum Gasteiger partial charge on any atom is 0.339 e. The van der Waals surface area contributed by atoms with Crippen molar-refractivity contribution in [3.05, 3.63) is 46.3 Å². The van der Waals surface area contributed by atoms with E-state index in [9.17, 15) is 14.7 Å². The van der Waals surface area contributed by atoms with Crippen LogP contribution in [0.4, 0.5) is 10.7 Å². The highest BCUT2D eigenvalue weighted by Gasteiger charge is 2.32. The van der Waals surface area contributed by atoms with Crippen LogP contribution in [-0.2, 0) is 4.74 Å². The van der Waals surface area contributed by atoms with Crippen molar-refractivity contribution in [1.82, 2.24) is 0 Å². The Balaban J connectivity index is 1.46. The van der Waals surface area contributed by atoms with Crippen molar-refractivity contribution in [3.8, 4) is 0 Å². The van der Waals surface area contributed by atoms with Crippen LogP contribution in [0.25, 0.3) is 0 Å². The zero-order valence-corrected chi connectivity index (χ0v) is 15.2. The van der Waals surface area contributed by atoms with Crippen LogP contribution in [0, 0.1) is 0 Å². The Morgan fingerprint density at radius 1 is 1.23 bits per heavy atom. The van der Waals surface area contributed by atoms with Crippen LogP contribution in [0.2, 0.25) is 0 Å². The molecule has 2 heterocycles. The molecule has 0 spiro atoms. The monoisotopic (exact) mass is 372 g/mol. The molecule has 0 bridgehead atoms. The number of hydrogen-bond acceptors (Lipinski definition) is 5. The molecule has 2 aromatic rings. The summed E-state index contributed by atoms with van der Waals surface area (Å²) in [5.74, 6) is -0.944. The van der Waals surface area contributed by atoms with Gasteiger partial charge < -0.3 is 20.1 Å². The van der Waals surface area contributed by atoms with Gasteiger partial charge in [-0.15, -0.1) is 11.3 Å². The molecule has 0 unspecified atom stereocenters. The fourth-order valence-electron chi connectivity index (χ4n) is 3.18. The molecule has 1 aromatic carbocycles. The van der Waals surface area contributed by atoms with E-state index in [1.807, 2.05) is 17.5 Å². The molecule has 1 saturated heterocycles. The predicted octanol–water partition coefficient (Wildman–Crippen LogP) is 3.41. The SMILES string of the molecule is COC1CN(c2ccc(C(=O)Nc3scc(C4CC4)c3C(=O)O)cc2)C1. The highest BCUT2D eigenvalue weighted by molar-refractivity contribution is 7.15. The van der Waals surface area contributed by atoms with Crippen molar-refractivity contribution >= 4 is 33.9 Å². The molecule has 1 aliphatic heterocycles. The van der Waals surface area contributed by atoms with E-state index in [2.05, 4.69) is 10.2 Å². The van der Waals surface area contributed by atoms with Crippen molar-refractivity contribution in [2.24, 2.45) is 0 Å². The Labute approximate surface area is 155 Å². The van der Waals surface area contributed by atoms with Gasteiger partial charge in [0, 0.05) is 31.5 Å². The summed E-state index contributed by atoms with van der Waals surface area (Å²) in [6.07, 6.45) is 2.31. The third-order valence-electron chi connectivity index (χ3n) is 4.95.